The smallest absolute Gasteiger partial charge is 0.354 e. The average molecular weight is 609 g/mol. The zero-order valence-electron chi connectivity index (χ0n) is 24.3. The SMILES string of the molecule is CC(N)CCCc1cc(Cl)c(F)c(-c2cc3cn(-c4ccc5c(c4)OCCN(CCCN=C(N)CN)C5)c(=O)nc3[nH]2)c1. The van der Waals surface area contributed by atoms with Gasteiger partial charge in [-0.25, -0.2) is 9.18 Å². The van der Waals surface area contributed by atoms with Gasteiger partial charge in [-0.3, -0.25) is 14.5 Å². The quantitative estimate of drug-likeness (QED) is 0.115. The molecule has 2 aromatic heterocycles. The van der Waals surface area contributed by atoms with E-state index in [0.717, 1.165) is 62.2 Å². The van der Waals surface area contributed by atoms with E-state index in [4.69, 9.17) is 33.5 Å². The van der Waals surface area contributed by atoms with E-state index < -0.39 is 11.5 Å². The molecule has 10 nitrogen and oxygen atoms in total. The number of hydrogen-bond acceptors (Lipinski definition) is 7. The summed E-state index contributed by atoms with van der Waals surface area (Å²) < 4.78 is 22.7. The van der Waals surface area contributed by atoms with Gasteiger partial charge in [-0.1, -0.05) is 17.7 Å². The van der Waals surface area contributed by atoms with Gasteiger partial charge in [-0.05, 0) is 62.4 Å². The summed E-state index contributed by atoms with van der Waals surface area (Å²) in [7, 11) is 0. The predicted octanol–water partition coefficient (Wildman–Crippen LogP) is 3.74. The Morgan fingerprint density at radius 1 is 1.26 bits per heavy atom. The molecule has 2 aromatic carbocycles. The Bertz CT molecular complexity index is 1680. The highest BCUT2D eigenvalue weighted by Crippen LogP contribution is 2.32. The van der Waals surface area contributed by atoms with E-state index in [1.54, 1.807) is 24.4 Å². The zero-order chi connectivity index (χ0) is 30.5. The number of benzene rings is 2. The number of nitrogens with one attached hydrogen (secondary N) is 1. The van der Waals surface area contributed by atoms with Gasteiger partial charge >= 0.3 is 5.69 Å². The lowest BCUT2D eigenvalue weighted by Gasteiger charge is -2.18. The zero-order valence-corrected chi connectivity index (χ0v) is 25.0. The molecule has 0 saturated heterocycles. The number of hydrogen-bond donors (Lipinski definition) is 4. The van der Waals surface area contributed by atoms with Crippen molar-refractivity contribution in [2.45, 2.75) is 45.2 Å². The number of nitrogens with two attached hydrogens (primary N) is 3. The summed E-state index contributed by atoms with van der Waals surface area (Å²) in [4.78, 5) is 27.0. The van der Waals surface area contributed by atoms with E-state index in [-0.39, 0.29) is 17.6 Å². The summed E-state index contributed by atoms with van der Waals surface area (Å²) in [5.41, 5.74) is 20.4. The third-order valence-electron chi connectivity index (χ3n) is 7.56. The van der Waals surface area contributed by atoms with Crippen molar-refractivity contribution in [3.8, 4) is 22.7 Å². The molecule has 1 unspecified atom stereocenters. The van der Waals surface area contributed by atoms with E-state index in [2.05, 4.69) is 19.9 Å². The lowest BCUT2D eigenvalue weighted by atomic mass is 10.0. The first-order valence-corrected chi connectivity index (χ1v) is 14.9. The van der Waals surface area contributed by atoms with Crippen LogP contribution in [0.25, 0.3) is 28.0 Å². The second-order valence-electron chi connectivity index (χ2n) is 11.0. The fraction of sp³-hybridized carbons (Fsp3) is 0.387. The lowest BCUT2D eigenvalue weighted by Crippen LogP contribution is -2.28. The molecule has 43 heavy (non-hydrogen) atoms. The summed E-state index contributed by atoms with van der Waals surface area (Å²) in [6.07, 6.45) is 5.03. The van der Waals surface area contributed by atoms with Crippen LogP contribution in [0.1, 0.15) is 37.3 Å². The molecule has 228 valence electrons. The number of aromatic nitrogens is 3. The van der Waals surface area contributed by atoms with Crippen molar-refractivity contribution in [1.29, 1.82) is 0 Å². The second kappa shape index (κ2) is 13.7. The Labute approximate surface area is 254 Å². The minimum Gasteiger partial charge on any atom is -0.492 e. The van der Waals surface area contributed by atoms with Crippen molar-refractivity contribution in [1.82, 2.24) is 19.4 Å². The minimum absolute atomic E-state index is 0.0489. The van der Waals surface area contributed by atoms with Crippen molar-refractivity contribution in [3.63, 3.8) is 0 Å². The summed E-state index contributed by atoms with van der Waals surface area (Å²) in [5, 5.41) is 0.709. The molecule has 0 radical (unpaired) electrons. The van der Waals surface area contributed by atoms with Crippen LogP contribution >= 0.6 is 11.6 Å². The number of aryl methyl sites for hydroxylation is 1. The van der Waals surface area contributed by atoms with Gasteiger partial charge in [0.25, 0.3) is 0 Å². The third-order valence-corrected chi connectivity index (χ3v) is 7.83. The number of H-pyrrole nitrogens is 1. The van der Waals surface area contributed by atoms with E-state index in [0.29, 0.717) is 47.0 Å². The number of ether oxygens (including phenoxy) is 1. The number of aromatic amines is 1. The molecule has 0 amide bonds. The third kappa shape index (κ3) is 7.42. The normalized spacial score (nSPS) is 14.9. The molecule has 1 atom stereocenters. The number of halogens is 2. The molecule has 3 heterocycles. The minimum atomic E-state index is -0.524. The molecular weight excluding hydrogens is 571 g/mol. The van der Waals surface area contributed by atoms with Crippen LogP contribution in [-0.2, 0) is 13.0 Å². The van der Waals surface area contributed by atoms with Crippen LogP contribution in [0.15, 0.2) is 52.4 Å². The van der Waals surface area contributed by atoms with E-state index in [1.165, 1.54) is 4.57 Å². The predicted molar refractivity (Wildman–Crippen MR) is 170 cm³/mol. The van der Waals surface area contributed by atoms with Crippen LogP contribution in [0.2, 0.25) is 5.02 Å². The van der Waals surface area contributed by atoms with Crippen LogP contribution in [0.4, 0.5) is 4.39 Å². The van der Waals surface area contributed by atoms with Gasteiger partial charge in [0.1, 0.15) is 23.8 Å². The number of nitrogens with zero attached hydrogens (tertiary/aromatic N) is 4. The Balaban J connectivity index is 1.37. The summed E-state index contributed by atoms with van der Waals surface area (Å²) in [6, 6.07) is 11.0. The van der Waals surface area contributed by atoms with Crippen LogP contribution in [0, 0.1) is 5.82 Å². The maximum absolute atomic E-state index is 15.1. The van der Waals surface area contributed by atoms with Crippen molar-refractivity contribution < 1.29 is 9.13 Å². The lowest BCUT2D eigenvalue weighted by molar-refractivity contribution is 0.225. The standard InChI is InChI=1S/C31H38ClFN8O2/c1-19(35)4-2-5-20-12-24(29(33)25(32)13-20)26-14-22-18-41(31(42)39-30(22)38-26)23-7-6-21-17-40(10-11-43-27(21)15-23)9-3-8-37-28(36)16-34/h6-7,12-15,18-19H,2-5,8-11,16-17,34-35H2,1H3,(H2,36,37)(H,38,39,42). The summed E-state index contributed by atoms with van der Waals surface area (Å²) in [6.45, 7) is 5.72. The summed E-state index contributed by atoms with van der Waals surface area (Å²) >= 11 is 6.25. The topological polar surface area (TPSA) is 154 Å². The van der Waals surface area contributed by atoms with Crippen LogP contribution < -0.4 is 27.6 Å². The monoisotopic (exact) mass is 608 g/mol. The Morgan fingerprint density at radius 3 is 2.88 bits per heavy atom. The number of fused-ring (bicyclic) bond motifs is 2. The van der Waals surface area contributed by atoms with Gasteiger partial charge in [0.2, 0.25) is 0 Å². The first kappa shape index (κ1) is 30.7. The number of amidine groups is 1. The van der Waals surface area contributed by atoms with Crippen molar-refractivity contribution in [2.75, 3.05) is 32.8 Å². The van der Waals surface area contributed by atoms with E-state index >= 15 is 4.39 Å². The van der Waals surface area contributed by atoms with Crippen molar-refractivity contribution in [3.05, 3.63) is 75.0 Å². The van der Waals surface area contributed by atoms with Gasteiger partial charge in [0, 0.05) is 61.0 Å². The average Bonchev–Trinajstić information content (AvgIpc) is 3.27. The highest BCUT2D eigenvalue weighted by Gasteiger charge is 2.18. The van der Waals surface area contributed by atoms with Gasteiger partial charge < -0.3 is 26.9 Å². The summed E-state index contributed by atoms with van der Waals surface area (Å²) in [5.74, 6) is 0.666. The maximum Gasteiger partial charge on any atom is 0.354 e. The molecule has 1 aliphatic heterocycles. The fourth-order valence-electron chi connectivity index (χ4n) is 5.27. The number of aliphatic imine (C=N–C) groups is 1. The number of rotatable bonds is 11. The van der Waals surface area contributed by atoms with Gasteiger partial charge in [-0.2, -0.15) is 4.98 Å². The Hall–Kier alpha value is -3.77. The van der Waals surface area contributed by atoms with Gasteiger partial charge in [-0.15, -0.1) is 0 Å². The first-order chi connectivity index (χ1) is 20.7. The molecule has 12 heteroatoms. The molecule has 0 aliphatic carbocycles. The van der Waals surface area contributed by atoms with Gasteiger partial charge in [0.15, 0.2) is 5.82 Å². The van der Waals surface area contributed by atoms with Crippen LogP contribution in [-0.4, -0.2) is 64.1 Å². The maximum atomic E-state index is 15.1. The largest absolute Gasteiger partial charge is 0.492 e. The molecule has 0 spiro atoms. The highest BCUT2D eigenvalue weighted by atomic mass is 35.5. The first-order valence-electron chi connectivity index (χ1n) is 14.6. The molecule has 1 aliphatic rings. The van der Waals surface area contributed by atoms with Gasteiger partial charge in [0.05, 0.1) is 22.9 Å². The highest BCUT2D eigenvalue weighted by molar-refractivity contribution is 6.31. The van der Waals surface area contributed by atoms with Crippen LogP contribution in [0.3, 0.4) is 0 Å². The molecule has 0 saturated carbocycles. The van der Waals surface area contributed by atoms with E-state index in [9.17, 15) is 4.79 Å². The Kier molecular flexibility index (Phi) is 9.76. The molecule has 5 rings (SSSR count). The molecule has 7 N–H and O–H groups in total. The molecule has 0 bridgehead atoms. The second-order valence-corrected chi connectivity index (χ2v) is 11.4. The van der Waals surface area contributed by atoms with Crippen molar-refractivity contribution >= 4 is 28.5 Å². The molecule has 0 fully saturated rings. The molecule has 4 aromatic rings. The van der Waals surface area contributed by atoms with Crippen molar-refractivity contribution in [2.24, 2.45) is 22.2 Å². The Morgan fingerprint density at radius 2 is 2.09 bits per heavy atom. The molecular formula is C31H38ClFN8O2. The fourth-order valence-corrected chi connectivity index (χ4v) is 5.52. The van der Waals surface area contributed by atoms with Crippen LogP contribution in [0.5, 0.6) is 5.75 Å². The van der Waals surface area contributed by atoms with E-state index in [1.807, 2.05) is 25.1 Å².